The third-order valence-corrected chi connectivity index (χ3v) is 4.22. The largest absolute Gasteiger partial charge is 0.378 e. The van der Waals surface area contributed by atoms with Crippen molar-refractivity contribution in [1.29, 1.82) is 0 Å². The van der Waals surface area contributed by atoms with E-state index in [1.807, 2.05) is 0 Å². The second-order valence-corrected chi connectivity index (χ2v) is 5.20. The Kier molecular flexibility index (Phi) is 4.45. The first kappa shape index (κ1) is 11.4. The van der Waals surface area contributed by atoms with E-state index in [2.05, 4.69) is 0 Å². The summed E-state index contributed by atoms with van der Waals surface area (Å²) in [6, 6.07) is 0. The molecule has 15 heavy (non-hydrogen) atoms. The van der Waals surface area contributed by atoms with E-state index in [1.165, 1.54) is 51.4 Å². The van der Waals surface area contributed by atoms with E-state index in [1.54, 1.807) is 0 Å². The van der Waals surface area contributed by atoms with Gasteiger partial charge in [0.2, 0.25) is 0 Å². The lowest BCUT2D eigenvalue weighted by molar-refractivity contribution is -0.0394. The Hall–Kier alpha value is -0.0800. The van der Waals surface area contributed by atoms with Crippen molar-refractivity contribution in [3.63, 3.8) is 0 Å². The van der Waals surface area contributed by atoms with Gasteiger partial charge in [0.05, 0.1) is 6.10 Å². The molecule has 2 unspecified atom stereocenters. The third-order valence-electron chi connectivity index (χ3n) is 4.22. The molecule has 1 aliphatic carbocycles. The zero-order chi connectivity index (χ0) is 10.5. The second kappa shape index (κ2) is 5.86. The molecule has 2 nitrogen and oxygen atoms in total. The van der Waals surface area contributed by atoms with Gasteiger partial charge in [-0.05, 0) is 31.7 Å². The van der Waals surface area contributed by atoms with Gasteiger partial charge in [-0.3, -0.25) is 0 Å². The molecule has 1 aliphatic heterocycles. The van der Waals surface area contributed by atoms with Crippen LogP contribution in [-0.2, 0) is 4.74 Å². The van der Waals surface area contributed by atoms with Crippen LogP contribution in [0, 0.1) is 11.8 Å². The lowest BCUT2D eigenvalue weighted by atomic mass is 9.76. The number of nitrogens with two attached hydrogens (primary N) is 1. The molecule has 2 aliphatic rings. The Balaban J connectivity index is 1.88. The summed E-state index contributed by atoms with van der Waals surface area (Å²) in [6.07, 6.45) is 11.3. The lowest BCUT2D eigenvalue weighted by Gasteiger charge is -2.36. The lowest BCUT2D eigenvalue weighted by Crippen LogP contribution is -2.38. The van der Waals surface area contributed by atoms with Crippen LogP contribution >= 0.6 is 0 Å². The first-order valence-corrected chi connectivity index (χ1v) is 6.73. The van der Waals surface area contributed by atoms with E-state index < -0.39 is 0 Å². The molecule has 0 aromatic carbocycles. The quantitative estimate of drug-likeness (QED) is 0.779. The SMILES string of the molecule is NCC(C1CCCCC1)C1CCCCO1. The van der Waals surface area contributed by atoms with Crippen LogP contribution in [0.25, 0.3) is 0 Å². The van der Waals surface area contributed by atoms with E-state index in [4.69, 9.17) is 10.5 Å². The summed E-state index contributed by atoms with van der Waals surface area (Å²) >= 11 is 0. The summed E-state index contributed by atoms with van der Waals surface area (Å²) in [6.45, 7) is 1.79. The molecular formula is C13H25NO. The third kappa shape index (κ3) is 2.94. The maximum atomic E-state index is 5.95. The molecular weight excluding hydrogens is 186 g/mol. The summed E-state index contributed by atoms with van der Waals surface area (Å²) < 4.78 is 5.90. The average Bonchev–Trinajstić information content (AvgIpc) is 2.33. The van der Waals surface area contributed by atoms with Gasteiger partial charge in [0.1, 0.15) is 0 Å². The number of hydrogen-bond donors (Lipinski definition) is 1. The summed E-state index contributed by atoms with van der Waals surface area (Å²) in [4.78, 5) is 0. The zero-order valence-corrected chi connectivity index (χ0v) is 9.79. The molecule has 0 bridgehead atoms. The van der Waals surface area contributed by atoms with Gasteiger partial charge in [0, 0.05) is 12.5 Å². The van der Waals surface area contributed by atoms with Gasteiger partial charge < -0.3 is 10.5 Å². The molecule has 0 amide bonds. The molecule has 2 N–H and O–H groups in total. The van der Waals surface area contributed by atoms with Gasteiger partial charge in [0.25, 0.3) is 0 Å². The molecule has 1 heterocycles. The summed E-state index contributed by atoms with van der Waals surface area (Å²) in [5.74, 6) is 1.50. The highest BCUT2D eigenvalue weighted by atomic mass is 16.5. The fourth-order valence-corrected chi connectivity index (χ4v) is 3.31. The predicted molar refractivity (Wildman–Crippen MR) is 62.7 cm³/mol. The minimum atomic E-state index is 0.479. The van der Waals surface area contributed by atoms with Crippen LogP contribution in [0.5, 0.6) is 0 Å². The van der Waals surface area contributed by atoms with Crippen molar-refractivity contribution in [3.8, 4) is 0 Å². The van der Waals surface area contributed by atoms with Gasteiger partial charge in [-0.2, -0.15) is 0 Å². The standard InChI is InChI=1S/C13H25NO/c14-10-12(11-6-2-1-3-7-11)13-8-4-5-9-15-13/h11-13H,1-10,14H2. The van der Waals surface area contributed by atoms with Crippen LogP contribution in [0.4, 0.5) is 0 Å². The average molecular weight is 211 g/mol. The van der Waals surface area contributed by atoms with E-state index in [9.17, 15) is 0 Å². The predicted octanol–water partition coefficient (Wildman–Crippen LogP) is 2.71. The smallest absolute Gasteiger partial charge is 0.0618 e. The highest BCUT2D eigenvalue weighted by molar-refractivity contribution is 4.82. The molecule has 0 aromatic heterocycles. The highest BCUT2D eigenvalue weighted by Crippen LogP contribution is 2.34. The van der Waals surface area contributed by atoms with Crippen LogP contribution in [0.2, 0.25) is 0 Å². The van der Waals surface area contributed by atoms with Crippen molar-refractivity contribution in [2.24, 2.45) is 17.6 Å². The highest BCUT2D eigenvalue weighted by Gasteiger charge is 2.30. The fraction of sp³-hybridized carbons (Fsp3) is 1.00. The van der Waals surface area contributed by atoms with Gasteiger partial charge in [0.15, 0.2) is 0 Å². The van der Waals surface area contributed by atoms with Crippen LogP contribution in [-0.4, -0.2) is 19.3 Å². The van der Waals surface area contributed by atoms with Crippen molar-refractivity contribution >= 4 is 0 Å². The van der Waals surface area contributed by atoms with Crippen molar-refractivity contribution in [2.45, 2.75) is 57.5 Å². The van der Waals surface area contributed by atoms with E-state index in [0.29, 0.717) is 12.0 Å². The minimum absolute atomic E-state index is 0.479. The summed E-state index contributed by atoms with van der Waals surface area (Å²) in [5.41, 5.74) is 5.95. The minimum Gasteiger partial charge on any atom is -0.378 e. The van der Waals surface area contributed by atoms with Crippen molar-refractivity contribution < 1.29 is 4.74 Å². The molecule has 1 saturated carbocycles. The normalized spacial score (nSPS) is 31.4. The monoisotopic (exact) mass is 211 g/mol. The number of hydrogen-bond acceptors (Lipinski definition) is 2. The molecule has 2 heteroatoms. The van der Waals surface area contributed by atoms with Crippen molar-refractivity contribution in [2.75, 3.05) is 13.2 Å². The van der Waals surface area contributed by atoms with E-state index >= 15 is 0 Å². The molecule has 0 radical (unpaired) electrons. The topological polar surface area (TPSA) is 35.2 Å². The Bertz CT molecular complexity index is 153. The summed E-state index contributed by atoms with van der Waals surface area (Å²) in [5, 5.41) is 0. The number of ether oxygens (including phenoxy) is 1. The van der Waals surface area contributed by atoms with Crippen LogP contribution in [0.1, 0.15) is 51.4 Å². The van der Waals surface area contributed by atoms with Crippen molar-refractivity contribution in [3.05, 3.63) is 0 Å². The van der Waals surface area contributed by atoms with Gasteiger partial charge >= 0.3 is 0 Å². The first-order chi connectivity index (χ1) is 7.42. The van der Waals surface area contributed by atoms with E-state index in [-0.39, 0.29) is 0 Å². The molecule has 88 valence electrons. The maximum absolute atomic E-state index is 5.95. The maximum Gasteiger partial charge on any atom is 0.0618 e. The van der Waals surface area contributed by atoms with Gasteiger partial charge in [-0.15, -0.1) is 0 Å². The van der Waals surface area contributed by atoms with Gasteiger partial charge in [-0.25, -0.2) is 0 Å². The molecule has 0 spiro atoms. The van der Waals surface area contributed by atoms with Crippen LogP contribution in [0.15, 0.2) is 0 Å². The molecule has 2 rings (SSSR count). The fourth-order valence-electron chi connectivity index (χ4n) is 3.31. The van der Waals surface area contributed by atoms with Crippen LogP contribution in [0.3, 0.4) is 0 Å². The zero-order valence-electron chi connectivity index (χ0n) is 9.79. The first-order valence-electron chi connectivity index (χ1n) is 6.73. The van der Waals surface area contributed by atoms with Crippen molar-refractivity contribution in [1.82, 2.24) is 0 Å². The molecule has 2 atom stereocenters. The molecule has 0 aromatic rings. The molecule has 1 saturated heterocycles. The molecule has 2 fully saturated rings. The Morgan fingerprint density at radius 1 is 1.00 bits per heavy atom. The number of rotatable bonds is 3. The van der Waals surface area contributed by atoms with E-state index in [0.717, 1.165) is 19.1 Å². The Labute approximate surface area is 93.6 Å². The van der Waals surface area contributed by atoms with Gasteiger partial charge in [-0.1, -0.05) is 32.1 Å². The second-order valence-electron chi connectivity index (χ2n) is 5.20. The van der Waals surface area contributed by atoms with Crippen LogP contribution < -0.4 is 5.73 Å². The Morgan fingerprint density at radius 2 is 1.73 bits per heavy atom. The Morgan fingerprint density at radius 3 is 2.33 bits per heavy atom. The summed E-state index contributed by atoms with van der Waals surface area (Å²) in [7, 11) is 0.